The Kier molecular flexibility index (Phi) is 5.47. The third-order valence-corrected chi connectivity index (χ3v) is 5.66. The minimum atomic E-state index is -0.199. The Morgan fingerprint density at radius 3 is 2.96 bits per heavy atom. The van der Waals surface area contributed by atoms with E-state index in [0.717, 1.165) is 49.2 Å². The van der Waals surface area contributed by atoms with Crippen LogP contribution >= 0.6 is 0 Å². The van der Waals surface area contributed by atoms with Gasteiger partial charge in [-0.2, -0.15) is 0 Å². The number of ether oxygens (including phenoxy) is 2. The average molecular weight is 385 g/mol. The quantitative estimate of drug-likeness (QED) is 0.812. The number of nitrogens with one attached hydrogen (secondary N) is 1. The molecule has 0 saturated heterocycles. The van der Waals surface area contributed by atoms with Crippen LogP contribution in [0, 0.1) is 5.92 Å². The van der Waals surface area contributed by atoms with Gasteiger partial charge in [-0.05, 0) is 43.7 Å². The highest BCUT2D eigenvalue weighted by molar-refractivity contribution is 5.91. The highest BCUT2D eigenvalue weighted by atomic mass is 16.5. The van der Waals surface area contributed by atoms with E-state index >= 15 is 0 Å². The van der Waals surface area contributed by atoms with E-state index in [4.69, 9.17) is 15.2 Å². The molecule has 8 nitrogen and oxygen atoms in total. The Morgan fingerprint density at radius 2 is 2.18 bits per heavy atom. The van der Waals surface area contributed by atoms with Gasteiger partial charge < -0.3 is 20.5 Å². The highest BCUT2D eigenvalue weighted by Crippen LogP contribution is 2.35. The second-order valence-electron chi connectivity index (χ2n) is 7.69. The number of amides is 1. The van der Waals surface area contributed by atoms with E-state index in [1.807, 2.05) is 22.9 Å². The number of para-hydroxylation sites is 1. The summed E-state index contributed by atoms with van der Waals surface area (Å²) in [5.41, 5.74) is 7.42. The number of hydrogen-bond acceptors (Lipinski definition) is 6. The van der Waals surface area contributed by atoms with E-state index in [2.05, 4.69) is 15.6 Å². The van der Waals surface area contributed by atoms with Crippen molar-refractivity contribution in [2.24, 2.45) is 11.7 Å². The molecule has 1 aromatic heterocycles. The SMILES string of the molecule is COc1cccc2c1OC[C@H](CNC(=O)c1cn(C3CCC(N)CC3)nn1)C2. The van der Waals surface area contributed by atoms with Gasteiger partial charge in [0.05, 0.1) is 26.0 Å². The molecular formula is C20H27N5O3. The fourth-order valence-electron chi connectivity index (χ4n) is 4.00. The van der Waals surface area contributed by atoms with Gasteiger partial charge in [0.25, 0.3) is 5.91 Å². The van der Waals surface area contributed by atoms with E-state index in [1.54, 1.807) is 13.3 Å². The topological polar surface area (TPSA) is 104 Å². The molecule has 1 aliphatic carbocycles. The summed E-state index contributed by atoms with van der Waals surface area (Å²) in [6.07, 6.45) is 6.51. The van der Waals surface area contributed by atoms with Crippen molar-refractivity contribution in [3.8, 4) is 11.5 Å². The van der Waals surface area contributed by atoms with E-state index in [-0.39, 0.29) is 23.9 Å². The van der Waals surface area contributed by atoms with Crippen LogP contribution < -0.4 is 20.5 Å². The Morgan fingerprint density at radius 1 is 1.36 bits per heavy atom. The maximum atomic E-state index is 12.5. The molecular weight excluding hydrogens is 358 g/mol. The van der Waals surface area contributed by atoms with Crippen LogP contribution in [0.2, 0.25) is 0 Å². The van der Waals surface area contributed by atoms with Crippen LogP contribution in [0.1, 0.15) is 47.8 Å². The lowest BCUT2D eigenvalue weighted by Gasteiger charge is -2.26. The fourth-order valence-corrected chi connectivity index (χ4v) is 4.00. The van der Waals surface area contributed by atoms with Gasteiger partial charge in [-0.3, -0.25) is 4.79 Å². The first-order valence-corrected chi connectivity index (χ1v) is 9.88. The van der Waals surface area contributed by atoms with Crippen LogP contribution in [0.25, 0.3) is 0 Å². The molecule has 2 heterocycles. The van der Waals surface area contributed by atoms with Crippen molar-refractivity contribution in [1.29, 1.82) is 0 Å². The lowest BCUT2D eigenvalue weighted by Crippen LogP contribution is -2.35. The number of nitrogens with zero attached hydrogens (tertiary/aromatic N) is 3. The van der Waals surface area contributed by atoms with Crippen LogP contribution in [0.3, 0.4) is 0 Å². The molecule has 3 N–H and O–H groups in total. The number of aromatic nitrogens is 3. The molecule has 1 saturated carbocycles. The molecule has 2 aliphatic rings. The van der Waals surface area contributed by atoms with Crippen molar-refractivity contribution < 1.29 is 14.3 Å². The number of fused-ring (bicyclic) bond motifs is 1. The van der Waals surface area contributed by atoms with Gasteiger partial charge in [-0.15, -0.1) is 5.10 Å². The summed E-state index contributed by atoms with van der Waals surface area (Å²) in [4.78, 5) is 12.5. The Balaban J connectivity index is 1.31. The summed E-state index contributed by atoms with van der Waals surface area (Å²) < 4.78 is 13.0. The smallest absolute Gasteiger partial charge is 0.273 e. The van der Waals surface area contributed by atoms with Crippen LogP contribution in [0.5, 0.6) is 11.5 Å². The molecule has 2 aromatic rings. The molecule has 28 heavy (non-hydrogen) atoms. The Bertz CT molecular complexity index is 829. The van der Waals surface area contributed by atoms with Gasteiger partial charge >= 0.3 is 0 Å². The maximum absolute atomic E-state index is 12.5. The van der Waals surface area contributed by atoms with E-state index in [1.165, 1.54) is 0 Å². The minimum absolute atomic E-state index is 0.199. The van der Waals surface area contributed by atoms with Gasteiger partial charge in [0.2, 0.25) is 0 Å². The first-order chi connectivity index (χ1) is 13.6. The van der Waals surface area contributed by atoms with Crippen molar-refractivity contribution in [2.45, 2.75) is 44.2 Å². The number of hydrogen-bond donors (Lipinski definition) is 2. The lowest BCUT2D eigenvalue weighted by atomic mass is 9.92. The zero-order valence-electron chi connectivity index (χ0n) is 16.1. The molecule has 0 radical (unpaired) electrons. The number of rotatable bonds is 5. The Hall–Kier alpha value is -2.61. The predicted octanol–water partition coefficient (Wildman–Crippen LogP) is 1.71. The van der Waals surface area contributed by atoms with Crippen molar-refractivity contribution in [1.82, 2.24) is 20.3 Å². The van der Waals surface area contributed by atoms with Crippen molar-refractivity contribution in [3.63, 3.8) is 0 Å². The second-order valence-corrected chi connectivity index (χ2v) is 7.69. The molecule has 0 unspecified atom stereocenters. The summed E-state index contributed by atoms with van der Waals surface area (Å²) in [5.74, 6) is 1.57. The molecule has 0 spiro atoms. The molecule has 0 bridgehead atoms. The van der Waals surface area contributed by atoms with Crippen LogP contribution in [0.15, 0.2) is 24.4 Å². The summed E-state index contributed by atoms with van der Waals surface area (Å²) in [6, 6.07) is 6.45. The zero-order valence-corrected chi connectivity index (χ0v) is 16.1. The van der Waals surface area contributed by atoms with Crippen molar-refractivity contribution in [2.75, 3.05) is 20.3 Å². The first-order valence-electron chi connectivity index (χ1n) is 9.88. The number of benzene rings is 1. The summed E-state index contributed by atoms with van der Waals surface area (Å²) in [5, 5.41) is 11.2. The number of carbonyl (C=O) groups is 1. The molecule has 8 heteroatoms. The molecule has 1 fully saturated rings. The monoisotopic (exact) mass is 385 g/mol. The van der Waals surface area contributed by atoms with Crippen LogP contribution in [-0.4, -0.2) is 47.2 Å². The van der Waals surface area contributed by atoms with Crippen LogP contribution in [0.4, 0.5) is 0 Å². The molecule has 1 aromatic carbocycles. The largest absolute Gasteiger partial charge is 0.493 e. The zero-order chi connectivity index (χ0) is 19.5. The third-order valence-electron chi connectivity index (χ3n) is 5.66. The number of methoxy groups -OCH3 is 1. The van der Waals surface area contributed by atoms with E-state index in [0.29, 0.717) is 18.8 Å². The predicted molar refractivity (Wildman–Crippen MR) is 104 cm³/mol. The second kappa shape index (κ2) is 8.18. The highest BCUT2D eigenvalue weighted by Gasteiger charge is 2.25. The third kappa shape index (κ3) is 3.96. The van der Waals surface area contributed by atoms with E-state index in [9.17, 15) is 4.79 Å². The van der Waals surface area contributed by atoms with Gasteiger partial charge in [0.15, 0.2) is 17.2 Å². The maximum Gasteiger partial charge on any atom is 0.273 e. The standard InChI is InChI=1S/C20H27N5O3/c1-27-18-4-2-3-14-9-13(12-28-19(14)18)10-22-20(26)17-11-25(24-23-17)16-7-5-15(21)6-8-16/h2-4,11,13,15-16H,5-10,12,21H2,1H3,(H,22,26)/t13-,15?,16?/m0/s1. The summed E-state index contributed by atoms with van der Waals surface area (Å²) in [7, 11) is 1.64. The summed E-state index contributed by atoms with van der Waals surface area (Å²) in [6.45, 7) is 1.07. The molecule has 4 rings (SSSR count). The fraction of sp³-hybridized carbons (Fsp3) is 0.550. The van der Waals surface area contributed by atoms with Crippen molar-refractivity contribution >= 4 is 5.91 Å². The summed E-state index contributed by atoms with van der Waals surface area (Å²) >= 11 is 0. The Labute approximate surface area is 164 Å². The molecule has 150 valence electrons. The number of carbonyl (C=O) groups excluding carboxylic acids is 1. The average Bonchev–Trinajstić information content (AvgIpc) is 3.22. The first kappa shape index (κ1) is 18.7. The lowest BCUT2D eigenvalue weighted by molar-refractivity contribution is 0.0933. The minimum Gasteiger partial charge on any atom is -0.493 e. The van der Waals surface area contributed by atoms with Gasteiger partial charge in [-0.1, -0.05) is 17.3 Å². The van der Waals surface area contributed by atoms with Gasteiger partial charge in [0, 0.05) is 18.5 Å². The van der Waals surface area contributed by atoms with E-state index < -0.39 is 0 Å². The molecule has 1 aliphatic heterocycles. The molecule has 1 amide bonds. The van der Waals surface area contributed by atoms with Gasteiger partial charge in [-0.25, -0.2) is 4.68 Å². The van der Waals surface area contributed by atoms with Crippen LogP contribution in [-0.2, 0) is 6.42 Å². The van der Waals surface area contributed by atoms with Crippen molar-refractivity contribution in [3.05, 3.63) is 35.7 Å². The normalized spacial score (nSPS) is 24.1. The van der Waals surface area contributed by atoms with Gasteiger partial charge in [0.1, 0.15) is 0 Å². The number of nitrogens with two attached hydrogens (primary N) is 1. The molecule has 1 atom stereocenters.